The van der Waals surface area contributed by atoms with E-state index in [2.05, 4.69) is 11.9 Å². The molecule has 0 bridgehead atoms. The zero-order valence-electron chi connectivity index (χ0n) is 14.1. The summed E-state index contributed by atoms with van der Waals surface area (Å²) in [5.41, 5.74) is 5.27. The number of aromatic nitrogens is 2. The minimum Gasteiger partial charge on any atom is -0.423 e. The Morgan fingerprint density at radius 1 is 1.04 bits per heavy atom. The van der Waals surface area contributed by atoms with E-state index < -0.39 is 0 Å². The first-order chi connectivity index (χ1) is 12.1. The van der Waals surface area contributed by atoms with E-state index in [1.165, 1.54) is 0 Å². The lowest BCUT2D eigenvalue weighted by Gasteiger charge is -2.13. The third kappa shape index (κ3) is 2.62. The van der Waals surface area contributed by atoms with Gasteiger partial charge in [-0.25, -0.2) is 9.36 Å². The lowest BCUT2D eigenvalue weighted by molar-refractivity contribution is -0.600. The third-order valence-electron chi connectivity index (χ3n) is 4.39. The van der Waals surface area contributed by atoms with Crippen LogP contribution in [0.3, 0.4) is 0 Å². The van der Waals surface area contributed by atoms with Crippen LogP contribution in [0, 0.1) is 13.8 Å². The first kappa shape index (κ1) is 15.3. The molecular formula is C21H17N2O2+. The van der Waals surface area contributed by atoms with Crippen LogP contribution < -0.4 is 10.2 Å². The van der Waals surface area contributed by atoms with Crippen LogP contribution in [0.1, 0.15) is 11.1 Å². The summed E-state index contributed by atoms with van der Waals surface area (Å²) in [6, 6.07) is 15.3. The van der Waals surface area contributed by atoms with E-state index in [1.807, 2.05) is 60.2 Å². The van der Waals surface area contributed by atoms with Crippen molar-refractivity contribution in [2.45, 2.75) is 13.8 Å². The summed E-state index contributed by atoms with van der Waals surface area (Å²) in [6.45, 7) is 4.06. The number of fused-ring (bicyclic) bond motifs is 1. The number of benzene rings is 2. The molecule has 122 valence electrons. The summed E-state index contributed by atoms with van der Waals surface area (Å²) >= 11 is 0. The smallest absolute Gasteiger partial charge is 0.336 e. The average Bonchev–Trinajstić information content (AvgIpc) is 2.62. The highest BCUT2D eigenvalue weighted by Gasteiger charge is 2.18. The van der Waals surface area contributed by atoms with E-state index in [0.29, 0.717) is 5.58 Å². The van der Waals surface area contributed by atoms with E-state index in [4.69, 9.17) is 4.42 Å². The molecule has 0 aliphatic heterocycles. The molecule has 4 rings (SSSR count). The highest BCUT2D eigenvalue weighted by atomic mass is 16.4. The zero-order chi connectivity index (χ0) is 17.4. The summed E-state index contributed by atoms with van der Waals surface area (Å²) in [5, 5.41) is 0.947. The fourth-order valence-corrected chi connectivity index (χ4v) is 3.38. The van der Waals surface area contributed by atoms with Gasteiger partial charge in [-0.1, -0.05) is 35.3 Å². The fraction of sp³-hybridized carbons (Fsp3) is 0.0952. The molecular weight excluding hydrogens is 312 g/mol. The van der Waals surface area contributed by atoms with Gasteiger partial charge in [0, 0.05) is 34.2 Å². The maximum absolute atomic E-state index is 12.1. The maximum Gasteiger partial charge on any atom is 0.336 e. The monoisotopic (exact) mass is 329 g/mol. The molecule has 25 heavy (non-hydrogen) atoms. The molecule has 0 aliphatic rings. The van der Waals surface area contributed by atoms with Gasteiger partial charge in [-0.15, -0.1) is 0 Å². The van der Waals surface area contributed by atoms with Crippen molar-refractivity contribution in [1.29, 1.82) is 0 Å². The Hall–Kier alpha value is -3.27. The number of aryl methyl sites for hydroxylation is 2. The van der Waals surface area contributed by atoms with Crippen LogP contribution in [0.2, 0.25) is 0 Å². The maximum atomic E-state index is 12.1. The molecule has 0 saturated heterocycles. The Morgan fingerprint density at radius 2 is 1.84 bits per heavy atom. The normalized spacial score (nSPS) is 11.0. The lowest BCUT2D eigenvalue weighted by Crippen LogP contribution is -2.32. The molecule has 0 radical (unpaired) electrons. The van der Waals surface area contributed by atoms with Gasteiger partial charge in [0.2, 0.25) is 0 Å². The average molecular weight is 329 g/mol. The van der Waals surface area contributed by atoms with Crippen molar-refractivity contribution in [1.82, 2.24) is 4.98 Å². The second-order valence-corrected chi connectivity index (χ2v) is 6.05. The minimum atomic E-state index is -0.341. The Morgan fingerprint density at radius 3 is 2.56 bits per heavy atom. The summed E-state index contributed by atoms with van der Waals surface area (Å²) in [6.07, 6.45) is 5.49. The van der Waals surface area contributed by atoms with Crippen LogP contribution in [-0.2, 0) is 0 Å². The fourth-order valence-electron chi connectivity index (χ4n) is 3.38. The van der Waals surface area contributed by atoms with Gasteiger partial charge < -0.3 is 4.42 Å². The largest absolute Gasteiger partial charge is 0.423 e. The highest BCUT2D eigenvalue weighted by molar-refractivity contribution is 5.97. The first-order valence-corrected chi connectivity index (χ1v) is 8.10. The summed E-state index contributed by atoms with van der Waals surface area (Å²) in [7, 11) is 0. The molecule has 0 amide bonds. The molecule has 0 saturated carbocycles. The van der Waals surface area contributed by atoms with Crippen LogP contribution in [-0.4, -0.2) is 4.98 Å². The predicted octanol–water partition coefficient (Wildman–Crippen LogP) is 3.75. The molecule has 2 heterocycles. The summed E-state index contributed by atoms with van der Waals surface area (Å²) in [5.74, 6) is 0. The van der Waals surface area contributed by atoms with Crippen LogP contribution in [0.4, 0.5) is 0 Å². The Labute approximate surface area is 145 Å². The van der Waals surface area contributed by atoms with Gasteiger partial charge in [0.25, 0.3) is 6.33 Å². The van der Waals surface area contributed by atoms with Gasteiger partial charge in [-0.05, 0) is 25.5 Å². The van der Waals surface area contributed by atoms with Gasteiger partial charge in [0.15, 0.2) is 0 Å². The summed E-state index contributed by atoms with van der Waals surface area (Å²) in [4.78, 5) is 16.3. The van der Waals surface area contributed by atoms with Crippen molar-refractivity contribution in [3.05, 3.63) is 88.8 Å². The van der Waals surface area contributed by atoms with Gasteiger partial charge >= 0.3 is 5.63 Å². The molecule has 4 aromatic rings. The molecule has 0 atom stereocenters. The molecule has 0 unspecified atom stereocenters. The van der Waals surface area contributed by atoms with Gasteiger partial charge in [-0.2, -0.15) is 0 Å². The lowest BCUT2D eigenvalue weighted by atomic mass is 9.96. The van der Waals surface area contributed by atoms with Crippen molar-refractivity contribution in [3.63, 3.8) is 0 Å². The molecule has 2 aromatic carbocycles. The van der Waals surface area contributed by atoms with E-state index >= 15 is 0 Å². The molecule has 0 aliphatic carbocycles. The van der Waals surface area contributed by atoms with E-state index in [9.17, 15) is 4.79 Å². The first-order valence-electron chi connectivity index (χ1n) is 8.10. The van der Waals surface area contributed by atoms with Crippen molar-refractivity contribution in [3.8, 4) is 16.8 Å². The van der Waals surface area contributed by atoms with Crippen LogP contribution in [0.5, 0.6) is 0 Å². The quantitative estimate of drug-likeness (QED) is 0.416. The molecule has 4 heteroatoms. The standard InChI is InChI=1S/C21H17N2O2/c1-14-11-18-20(15(2)21(14)23-10-6-9-22-13-23)17(12-19(24)25-18)16-7-4-3-5-8-16/h3-13H,1-2H3/q+1. The van der Waals surface area contributed by atoms with Crippen LogP contribution in [0.25, 0.3) is 27.8 Å². The molecule has 0 spiro atoms. The second kappa shape index (κ2) is 5.98. The van der Waals surface area contributed by atoms with Crippen molar-refractivity contribution in [2.24, 2.45) is 0 Å². The number of hydrogen-bond acceptors (Lipinski definition) is 3. The Balaban J connectivity index is 2.13. The van der Waals surface area contributed by atoms with E-state index in [1.54, 1.807) is 18.6 Å². The Bertz CT molecular complexity index is 1120. The van der Waals surface area contributed by atoms with Gasteiger partial charge in [-0.3, -0.25) is 0 Å². The predicted molar refractivity (Wildman–Crippen MR) is 96.7 cm³/mol. The highest BCUT2D eigenvalue weighted by Crippen LogP contribution is 2.33. The van der Waals surface area contributed by atoms with E-state index in [0.717, 1.165) is 33.3 Å². The molecule has 0 fully saturated rings. The van der Waals surface area contributed by atoms with E-state index in [-0.39, 0.29) is 5.63 Å². The number of rotatable bonds is 2. The minimum absolute atomic E-state index is 0.341. The van der Waals surface area contributed by atoms with Gasteiger partial charge in [0.05, 0.1) is 6.20 Å². The molecule has 0 N–H and O–H groups in total. The van der Waals surface area contributed by atoms with Crippen LogP contribution >= 0.6 is 0 Å². The third-order valence-corrected chi connectivity index (χ3v) is 4.39. The number of hydrogen-bond donors (Lipinski definition) is 0. The van der Waals surface area contributed by atoms with Crippen LogP contribution in [0.15, 0.2) is 76.5 Å². The van der Waals surface area contributed by atoms with Crippen molar-refractivity contribution < 1.29 is 8.98 Å². The SMILES string of the molecule is Cc1cc2oc(=O)cc(-c3ccccc3)c2c(C)c1-[n+]1cccnc1. The Kier molecular flexibility index (Phi) is 3.65. The molecule has 2 aromatic heterocycles. The van der Waals surface area contributed by atoms with Crippen molar-refractivity contribution >= 4 is 11.0 Å². The summed E-state index contributed by atoms with van der Waals surface area (Å²) < 4.78 is 7.49. The van der Waals surface area contributed by atoms with Gasteiger partial charge in [0.1, 0.15) is 17.5 Å². The zero-order valence-corrected chi connectivity index (χ0v) is 14.1. The second-order valence-electron chi connectivity index (χ2n) is 6.05. The topological polar surface area (TPSA) is 47.0 Å². The molecule has 4 nitrogen and oxygen atoms in total. The number of nitrogens with zero attached hydrogens (tertiary/aromatic N) is 2. The van der Waals surface area contributed by atoms with Crippen molar-refractivity contribution in [2.75, 3.05) is 0 Å².